The molecule has 33 heavy (non-hydrogen) atoms. The zero-order valence-electron chi connectivity index (χ0n) is 17.8. The number of para-hydroxylation sites is 3. The van der Waals surface area contributed by atoms with Crippen molar-refractivity contribution in [2.45, 2.75) is 0 Å². The maximum Gasteiger partial charge on any atom is 0.0992 e. The molecule has 2 heterocycles. The maximum absolute atomic E-state index is 9.38. The SMILES string of the molecule is N#Cc1ccnc(-c2ccccc2-c2ccccc2-n2c3ccccc3c3ccccc32)c1. The number of hydrogen-bond donors (Lipinski definition) is 0. The number of nitriles is 1. The number of nitrogens with zero attached hydrogens (tertiary/aromatic N) is 3. The Balaban J connectivity index is 1.66. The van der Waals surface area contributed by atoms with Gasteiger partial charge in [-0.3, -0.25) is 4.98 Å². The van der Waals surface area contributed by atoms with Crippen LogP contribution in [0.5, 0.6) is 0 Å². The summed E-state index contributed by atoms with van der Waals surface area (Å²) in [5, 5.41) is 11.9. The second-order valence-electron chi connectivity index (χ2n) is 7.97. The van der Waals surface area contributed by atoms with Crippen LogP contribution in [0.15, 0.2) is 115 Å². The first-order valence-corrected chi connectivity index (χ1v) is 10.9. The Morgan fingerprint density at radius 2 is 1.18 bits per heavy atom. The fourth-order valence-electron chi connectivity index (χ4n) is 4.67. The number of aromatic nitrogens is 2. The lowest BCUT2D eigenvalue weighted by Crippen LogP contribution is -1.98. The van der Waals surface area contributed by atoms with Crippen LogP contribution >= 0.6 is 0 Å². The third-order valence-corrected chi connectivity index (χ3v) is 6.11. The lowest BCUT2D eigenvalue weighted by Gasteiger charge is -2.16. The summed E-state index contributed by atoms with van der Waals surface area (Å²) in [5.74, 6) is 0. The molecule has 0 fully saturated rings. The van der Waals surface area contributed by atoms with Gasteiger partial charge in [0.2, 0.25) is 0 Å². The molecule has 6 aromatic rings. The zero-order chi connectivity index (χ0) is 22.2. The van der Waals surface area contributed by atoms with E-state index in [1.54, 1.807) is 12.3 Å². The highest BCUT2D eigenvalue weighted by atomic mass is 15.0. The van der Waals surface area contributed by atoms with Crippen LogP contribution in [0.1, 0.15) is 5.56 Å². The standard InChI is InChI=1S/C30H19N3/c31-20-21-17-18-32-27(19-21)23-10-2-1-9-22(23)24-11-3-6-14-28(24)33-29-15-7-4-12-25(29)26-13-5-8-16-30(26)33/h1-19H. The molecular weight excluding hydrogens is 402 g/mol. The molecule has 154 valence electrons. The fraction of sp³-hybridized carbons (Fsp3) is 0. The van der Waals surface area contributed by atoms with Crippen molar-refractivity contribution in [3.05, 3.63) is 121 Å². The Labute approximate surface area is 191 Å². The minimum absolute atomic E-state index is 0.602. The van der Waals surface area contributed by atoms with Gasteiger partial charge in [-0.25, -0.2) is 0 Å². The van der Waals surface area contributed by atoms with E-state index in [1.807, 2.05) is 12.1 Å². The molecule has 0 aliphatic rings. The van der Waals surface area contributed by atoms with E-state index < -0.39 is 0 Å². The third kappa shape index (κ3) is 3.09. The van der Waals surface area contributed by atoms with E-state index >= 15 is 0 Å². The average molecular weight is 422 g/mol. The van der Waals surface area contributed by atoms with Crippen molar-refractivity contribution < 1.29 is 0 Å². The normalized spacial score (nSPS) is 11.0. The van der Waals surface area contributed by atoms with Crippen LogP contribution in [0.3, 0.4) is 0 Å². The Bertz CT molecular complexity index is 1630. The van der Waals surface area contributed by atoms with Crippen molar-refractivity contribution in [1.29, 1.82) is 5.26 Å². The van der Waals surface area contributed by atoms with E-state index in [2.05, 4.69) is 107 Å². The molecule has 3 nitrogen and oxygen atoms in total. The van der Waals surface area contributed by atoms with Crippen molar-refractivity contribution in [3.63, 3.8) is 0 Å². The van der Waals surface area contributed by atoms with Gasteiger partial charge in [0.25, 0.3) is 0 Å². The number of pyridine rings is 1. The minimum atomic E-state index is 0.602. The molecule has 0 radical (unpaired) electrons. The second kappa shape index (κ2) is 7.78. The van der Waals surface area contributed by atoms with E-state index in [9.17, 15) is 5.26 Å². The molecule has 3 heteroatoms. The largest absolute Gasteiger partial charge is 0.309 e. The summed E-state index contributed by atoms with van der Waals surface area (Å²) < 4.78 is 2.34. The molecule has 4 aromatic carbocycles. The van der Waals surface area contributed by atoms with Gasteiger partial charge >= 0.3 is 0 Å². The summed E-state index contributed by atoms with van der Waals surface area (Å²) in [6.07, 6.45) is 1.70. The molecule has 0 N–H and O–H groups in total. The lowest BCUT2D eigenvalue weighted by molar-refractivity contribution is 1.18. The number of hydrogen-bond acceptors (Lipinski definition) is 2. The van der Waals surface area contributed by atoms with Crippen molar-refractivity contribution in [1.82, 2.24) is 9.55 Å². The fourth-order valence-corrected chi connectivity index (χ4v) is 4.67. The van der Waals surface area contributed by atoms with Crippen LogP contribution in [-0.2, 0) is 0 Å². The molecule has 0 aliphatic heterocycles. The highest BCUT2D eigenvalue weighted by Crippen LogP contribution is 2.38. The average Bonchev–Trinajstić information content (AvgIpc) is 3.23. The van der Waals surface area contributed by atoms with Gasteiger partial charge in [-0.05, 0) is 35.9 Å². The van der Waals surface area contributed by atoms with Crippen molar-refractivity contribution in [2.75, 3.05) is 0 Å². The molecule has 0 bridgehead atoms. The molecular formula is C30H19N3. The van der Waals surface area contributed by atoms with Gasteiger partial charge in [0, 0.05) is 28.1 Å². The Morgan fingerprint density at radius 3 is 1.88 bits per heavy atom. The first-order chi connectivity index (χ1) is 16.3. The van der Waals surface area contributed by atoms with Crippen LogP contribution in [0.4, 0.5) is 0 Å². The zero-order valence-corrected chi connectivity index (χ0v) is 17.8. The summed E-state index contributed by atoms with van der Waals surface area (Å²) in [7, 11) is 0. The molecule has 0 saturated carbocycles. The third-order valence-electron chi connectivity index (χ3n) is 6.11. The monoisotopic (exact) mass is 421 g/mol. The number of benzene rings is 4. The Morgan fingerprint density at radius 1 is 0.606 bits per heavy atom. The van der Waals surface area contributed by atoms with Crippen molar-refractivity contribution in [2.24, 2.45) is 0 Å². The predicted molar refractivity (Wildman–Crippen MR) is 134 cm³/mol. The van der Waals surface area contributed by atoms with E-state index in [1.165, 1.54) is 21.8 Å². The van der Waals surface area contributed by atoms with Crippen LogP contribution in [-0.4, -0.2) is 9.55 Å². The Kier molecular flexibility index (Phi) is 4.49. The summed E-state index contributed by atoms with van der Waals surface area (Å²) in [6, 6.07) is 39.6. The van der Waals surface area contributed by atoms with Gasteiger partial charge in [0.15, 0.2) is 0 Å². The van der Waals surface area contributed by atoms with E-state index in [0.717, 1.165) is 28.1 Å². The molecule has 0 unspecified atom stereocenters. The molecule has 0 aliphatic carbocycles. The maximum atomic E-state index is 9.38. The van der Waals surface area contributed by atoms with E-state index in [4.69, 9.17) is 0 Å². The van der Waals surface area contributed by atoms with Crippen LogP contribution < -0.4 is 0 Å². The van der Waals surface area contributed by atoms with Gasteiger partial charge < -0.3 is 4.57 Å². The summed E-state index contributed by atoms with van der Waals surface area (Å²) in [5.41, 5.74) is 8.05. The predicted octanol–water partition coefficient (Wildman–Crippen LogP) is 7.38. The van der Waals surface area contributed by atoms with Gasteiger partial charge in [-0.1, -0.05) is 78.9 Å². The van der Waals surface area contributed by atoms with Gasteiger partial charge in [0.05, 0.1) is 34.0 Å². The highest BCUT2D eigenvalue weighted by molar-refractivity contribution is 6.09. The van der Waals surface area contributed by atoms with E-state index in [0.29, 0.717) is 5.56 Å². The molecule has 0 atom stereocenters. The molecule has 2 aromatic heterocycles. The number of rotatable bonds is 3. The van der Waals surface area contributed by atoms with Gasteiger partial charge in [0.1, 0.15) is 0 Å². The van der Waals surface area contributed by atoms with Crippen molar-refractivity contribution >= 4 is 21.8 Å². The molecule has 0 saturated heterocycles. The highest BCUT2D eigenvalue weighted by Gasteiger charge is 2.17. The topological polar surface area (TPSA) is 41.6 Å². The lowest BCUT2D eigenvalue weighted by atomic mass is 9.95. The first kappa shape index (κ1) is 19.0. The Hall–Kier alpha value is -4.68. The second-order valence-corrected chi connectivity index (χ2v) is 7.97. The van der Waals surface area contributed by atoms with Crippen LogP contribution in [0.2, 0.25) is 0 Å². The summed E-state index contributed by atoms with van der Waals surface area (Å²) in [6.45, 7) is 0. The molecule has 6 rings (SSSR count). The van der Waals surface area contributed by atoms with Crippen LogP contribution in [0, 0.1) is 11.3 Å². The van der Waals surface area contributed by atoms with Gasteiger partial charge in [-0.15, -0.1) is 0 Å². The first-order valence-electron chi connectivity index (χ1n) is 10.9. The van der Waals surface area contributed by atoms with Crippen molar-refractivity contribution in [3.8, 4) is 34.1 Å². The summed E-state index contributed by atoms with van der Waals surface area (Å²) >= 11 is 0. The van der Waals surface area contributed by atoms with E-state index in [-0.39, 0.29) is 0 Å². The minimum Gasteiger partial charge on any atom is -0.309 e. The quantitative estimate of drug-likeness (QED) is 0.299. The molecule has 0 amide bonds. The smallest absolute Gasteiger partial charge is 0.0992 e. The summed E-state index contributed by atoms with van der Waals surface area (Å²) in [4.78, 5) is 4.58. The van der Waals surface area contributed by atoms with Crippen LogP contribution in [0.25, 0.3) is 49.9 Å². The molecule has 0 spiro atoms. The van der Waals surface area contributed by atoms with Gasteiger partial charge in [-0.2, -0.15) is 5.26 Å². The number of fused-ring (bicyclic) bond motifs is 3.